The van der Waals surface area contributed by atoms with Crippen molar-refractivity contribution in [3.05, 3.63) is 65.0 Å². The molecule has 0 fully saturated rings. The Hall–Kier alpha value is -3.35. The van der Waals surface area contributed by atoms with Gasteiger partial charge in [-0.2, -0.15) is 0 Å². The number of benzene rings is 2. The molecule has 7 heteroatoms. The van der Waals surface area contributed by atoms with Crippen LogP contribution in [-0.2, 0) is 29.8 Å². The third-order valence-electron chi connectivity index (χ3n) is 4.92. The minimum absolute atomic E-state index is 0.184. The van der Waals surface area contributed by atoms with Crippen molar-refractivity contribution in [3.8, 4) is 0 Å². The maximum Gasteiger partial charge on any atom is 0.407 e. The number of fused-ring (bicyclic) bond motifs is 1. The van der Waals surface area contributed by atoms with Crippen LogP contribution in [0.4, 0.5) is 4.79 Å². The Bertz CT molecular complexity index is 1070. The Morgan fingerprint density at radius 2 is 1.87 bits per heavy atom. The number of hydrogen-bond acceptors (Lipinski definition) is 4. The van der Waals surface area contributed by atoms with E-state index in [1.165, 1.54) is 0 Å². The van der Waals surface area contributed by atoms with Crippen molar-refractivity contribution in [2.75, 3.05) is 0 Å². The maximum atomic E-state index is 12.1. The number of aryl methyl sites for hydroxylation is 1. The molecule has 2 N–H and O–H groups in total. The molecule has 0 unspecified atom stereocenters. The first-order chi connectivity index (χ1) is 14.2. The molecule has 158 valence electrons. The summed E-state index contributed by atoms with van der Waals surface area (Å²) in [6.45, 7) is 8.85. The summed E-state index contributed by atoms with van der Waals surface area (Å²) in [6.07, 6.45) is -0.532. The summed E-state index contributed by atoms with van der Waals surface area (Å²) >= 11 is 0. The number of aromatic nitrogens is 2. The van der Waals surface area contributed by atoms with Gasteiger partial charge in [-0.1, -0.05) is 51.1 Å². The Morgan fingerprint density at radius 1 is 1.17 bits per heavy atom. The second-order valence-electron chi connectivity index (χ2n) is 8.13. The second-order valence-corrected chi connectivity index (χ2v) is 8.13. The number of hydrogen-bond donors (Lipinski definition) is 2. The Labute approximate surface area is 175 Å². The quantitative estimate of drug-likeness (QED) is 0.626. The molecule has 0 atom stereocenters. The van der Waals surface area contributed by atoms with E-state index in [1.807, 2.05) is 68.7 Å². The molecule has 7 nitrogen and oxygen atoms in total. The van der Waals surface area contributed by atoms with E-state index >= 15 is 0 Å². The molecule has 3 rings (SSSR count). The van der Waals surface area contributed by atoms with E-state index in [0.717, 1.165) is 16.6 Å². The van der Waals surface area contributed by atoms with Gasteiger partial charge in [-0.15, -0.1) is 0 Å². The highest BCUT2D eigenvalue weighted by Crippen LogP contribution is 2.30. The van der Waals surface area contributed by atoms with E-state index in [2.05, 4.69) is 10.3 Å². The fourth-order valence-corrected chi connectivity index (χ4v) is 3.43. The number of aromatic carboxylic acids is 1. The number of alkyl carbamates (subject to hydrolysis) is 1. The first-order valence-corrected chi connectivity index (χ1v) is 9.92. The fraction of sp³-hybridized carbons (Fsp3) is 0.348. The van der Waals surface area contributed by atoms with E-state index in [-0.39, 0.29) is 24.1 Å². The third-order valence-corrected chi connectivity index (χ3v) is 4.92. The molecule has 1 amide bonds. The lowest BCUT2D eigenvalue weighted by Crippen LogP contribution is -2.25. The number of nitrogens with one attached hydrogen (secondary N) is 1. The average Bonchev–Trinajstić information content (AvgIpc) is 3.06. The first kappa shape index (κ1) is 21.4. The van der Waals surface area contributed by atoms with E-state index < -0.39 is 12.1 Å². The minimum Gasteiger partial charge on any atom is -0.478 e. The largest absolute Gasteiger partial charge is 0.478 e. The number of carboxylic acids is 1. The van der Waals surface area contributed by atoms with Crippen LogP contribution < -0.4 is 5.32 Å². The molecule has 0 bridgehead atoms. The summed E-state index contributed by atoms with van der Waals surface area (Å²) in [4.78, 5) is 28.6. The number of ether oxygens (including phenoxy) is 1. The zero-order valence-electron chi connectivity index (χ0n) is 17.7. The Morgan fingerprint density at radius 3 is 2.47 bits per heavy atom. The number of nitrogens with zero attached hydrogens (tertiary/aromatic N) is 2. The highest BCUT2D eigenvalue weighted by atomic mass is 16.5. The van der Waals surface area contributed by atoms with E-state index in [4.69, 9.17) is 4.74 Å². The van der Waals surface area contributed by atoms with Gasteiger partial charge in [-0.25, -0.2) is 14.6 Å². The summed E-state index contributed by atoms with van der Waals surface area (Å²) in [7, 11) is 0. The number of imidazole rings is 1. The highest BCUT2D eigenvalue weighted by molar-refractivity contribution is 5.95. The summed E-state index contributed by atoms with van der Waals surface area (Å²) in [5, 5.41) is 12.4. The smallest absolute Gasteiger partial charge is 0.407 e. The van der Waals surface area contributed by atoms with Crippen LogP contribution in [0.5, 0.6) is 0 Å². The van der Waals surface area contributed by atoms with Gasteiger partial charge >= 0.3 is 12.1 Å². The average molecular weight is 409 g/mol. The molecule has 0 aliphatic heterocycles. The van der Waals surface area contributed by atoms with Gasteiger partial charge in [0.1, 0.15) is 12.4 Å². The lowest BCUT2D eigenvalue weighted by molar-refractivity contribution is 0.0694. The van der Waals surface area contributed by atoms with Crippen molar-refractivity contribution in [1.82, 2.24) is 14.9 Å². The molecule has 0 saturated heterocycles. The number of carbonyl (C=O) groups excluding carboxylic acids is 1. The molecular weight excluding hydrogens is 382 g/mol. The van der Waals surface area contributed by atoms with Gasteiger partial charge in [0.2, 0.25) is 0 Å². The van der Waals surface area contributed by atoms with Gasteiger partial charge in [0.25, 0.3) is 0 Å². The van der Waals surface area contributed by atoms with Gasteiger partial charge in [-0.3, -0.25) is 0 Å². The van der Waals surface area contributed by atoms with E-state index in [0.29, 0.717) is 17.9 Å². The van der Waals surface area contributed by atoms with Crippen molar-refractivity contribution in [3.63, 3.8) is 0 Å². The van der Waals surface area contributed by atoms with Crippen LogP contribution in [0.2, 0.25) is 0 Å². The highest BCUT2D eigenvalue weighted by Gasteiger charge is 2.24. The first-order valence-electron chi connectivity index (χ1n) is 9.92. The predicted molar refractivity (Wildman–Crippen MR) is 115 cm³/mol. The van der Waals surface area contributed by atoms with Crippen molar-refractivity contribution >= 4 is 23.1 Å². The SMILES string of the molecule is CCn1c(CNC(=O)OCc2ccccc2)nc2cc(C(C)(C)C)c(C(=O)O)cc21. The predicted octanol–water partition coefficient (Wildman–Crippen LogP) is 4.48. The third kappa shape index (κ3) is 4.62. The molecule has 0 radical (unpaired) electrons. The van der Waals surface area contributed by atoms with Crippen LogP contribution in [0.25, 0.3) is 11.0 Å². The van der Waals surface area contributed by atoms with E-state index in [1.54, 1.807) is 6.07 Å². The van der Waals surface area contributed by atoms with Crippen molar-refractivity contribution in [2.45, 2.75) is 52.8 Å². The van der Waals surface area contributed by atoms with Crippen LogP contribution in [0.3, 0.4) is 0 Å². The molecule has 0 aliphatic carbocycles. The Balaban J connectivity index is 1.82. The summed E-state index contributed by atoms with van der Waals surface area (Å²) in [6, 6.07) is 13.0. The summed E-state index contributed by atoms with van der Waals surface area (Å²) in [5.41, 5.74) is 3.01. The van der Waals surface area contributed by atoms with Crippen LogP contribution in [0, 0.1) is 0 Å². The monoisotopic (exact) mass is 409 g/mol. The Kier molecular flexibility index (Phi) is 6.10. The summed E-state index contributed by atoms with van der Waals surface area (Å²) in [5.74, 6) is -0.318. The van der Waals surface area contributed by atoms with E-state index in [9.17, 15) is 14.7 Å². The molecule has 0 saturated carbocycles. The number of carbonyl (C=O) groups is 2. The zero-order valence-corrected chi connectivity index (χ0v) is 17.7. The topological polar surface area (TPSA) is 93.5 Å². The lowest BCUT2D eigenvalue weighted by Gasteiger charge is -2.21. The van der Waals surface area contributed by atoms with Crippen molar-refractivity contribution in [2.24, 2.45) is 0 Å². The molecule has 2 aromatic carbocycles. The van der Waals surface area contributed by atoms with Crippen LogP contribution in [0.15, 0.2) is 42.5 Å². The molecule has 1 heterocycles. The molecule has 30 heavy (non-hydrogen) atoms. The van der Waals surface area contributed by atoms with Crippen molar-refractivity contribution < 1.29 is 19.4 Å². The molecule has 3 aromatic rings. The van der Waals surface area contributed by atoms with Gasteiger partial charge in [0.15, 0.2) is 0 Å². The van der Waals surface area contributed by atoms with Gasteiger partial charge < -0.3 is 19.7 Å². The molecule has 1 aromatic heterocycles. The van der Waals surface area contributed by atoms with Crippen LogP contribution in [0.1, 0.15) is 55.0 Å². The standard InChI is InChI=1S/C23H27N3O4/c1-5-26-19-11-16(21(27)28)17(23(2,3)4)12-18(19)25-20(26)13-24-22(29)30-14-15-9-7-6-8-10-15/h6-12H,5,13-14H2,1-4H3,(H,24,29)(H,27,28). The molecule has 0 aliphatic rings. The number of amides is 1. The van der Waals surface area contributed by atoms with Gasteiger partial charge in [0, 0.05) is 6.54 Å². The fourth-order valence-electron chi connectivity index (χ4n) is 3.43. The second kappa shape index (κ2) is 8.57. The van der Waals surface area contributed by atoms with Crippen molar-refractivity contribution in [1.29, 1.82) is 0 Å². The minimum atomic E-state index is -0.963. The lowest BCUT2D eigenvalue weighted by atomic mass is 9.83. The van der Waals surface area contributed by atoms with Gasteiger partial charge in [-0.05, 0) is 35.6 Å². The van der Waals surface area contributed by atoms with Crippen LogP contribution in [-0.4, -0.2) is 26.7 Å². The number of rotatable bonds is 6. The van der Waals surface area contributed by atoms with Crippen LogP contribution >= 0.6 is 0 Å². The van der Waals surface area contributed by atoms with Gasteiger partial charge in [0.05, 0.1) is 23.1 Å². The zero-order chi connectivity index (χ0) is 21.9. The maximum absolute atomic E-state index is 12.1. The molecular formula is C23H27N3O4. The molecule has 0 spiro atoms. The summed E-state index contributed by atoms with van der Waals surface area (Å²) < 4.78 is 7.16. The normalized spacial score (nSPS) is 11.5. The number of carboxylic acid groups (broad SMARTS) is 1.